The molecule has 4 rings (SSSR count). The van der Waals surface area contributed by atoms with Crippen molar-refractivity contribution in [1.82, 2.24) is 15.0 Å². The van der Waals surface area contributed by atoms with Crippen molar-refractivity contribution < 1.29 is 9.32 Å². The van der Waals surface area contributed by atoms with Gasteiger partial charge in [0.1, 0.15) is 0 Å². The van der Waals surface area contributed by atoms with Crippen LogP contribution in [0.4, 0.5) is 5.69 Å². The van der Waals surface area contributed by atoms with E-state index in [9.17, 15) is 4.79 Å². The number of carbonyl (C=O) groups is 1. The van der Waals surface area contributed by atoms with Gasteiger partial charge in [-0.05, 0) is 55.9 Å². The first-order valence-corrected chi connectivity index (χ1v) is 10.2. The van der Waals surface area contributed by atoms with Gasteiger partial charge in [-0.15, -0.1) is 0 Å². The standard InChI is InChI=1S/C21H28N4O2/c1-16-10-14-25(15-11-16)21(26)20-22-19(23-27-20)17-6-8-18(9-7-17)24-12-4-2-3-5-13-24/h6-9,16H,2-5,10-15H2,1H3. The predicted octanol–water partition coefficient (Wildman–Crippen LogP) is 3.99. The molecular formula is C21H28N4O2. The first-order valence-electron chi connectivity index (χ1n) is 10.2. The van der Waals surface area contributed by atoms with Crippen LogP contribution in [0.15, 0.2) is 28.8 Å². The van der Waals surface area contributed by atoms with Crippen molar-refractivity contribution >= 4 is 11.6 Å². The number of rotatable bonds is 3. The summed E-state index contributed by atoms with van der Waals surface area (Å²) < 4.78 is 5.26. The third kappa shape index (κ3) is 4.15. The lowest BCUT2D eigenvalue weighted by molar-refractivity contribution is 0.0647. The number of hydrogen-bond acceptors (Lipinski definition) is 5. The Kier molecular flexibility index (Phi) is 5.41. The van der Waals surface area contributed by atoms with Gasteiger partial charge >= 0.3 is 11.8 Å². The number of anilines is 1. The normalized spacial score (nSPS) is 19.1. The summed E-state index contributed by atoms with van der Waals surface area (Å²) in [6.45, 7) is 6.00. The number of amides is 1. The molecule has 0 spiro atoms. The molecule has 0 unspecified atom stereocenters. The van der Waals surface area contributed by atoms with E-state index in [1.165, 1.54) is 31.4 Å². The van der Waals surface area contributed by atoms with Crippen LogP contribution in [0.2, 0.25) is 0 Å². The molecule has 144 valence electrons. The lowest BCUT2D eigenvalue weighted by atomic mass is 9.99. The highest BCUT2D eigenvalue weighted by Crippen LogP contribution is 2.24. The molecule has 0 saturated carbocycles. The molecule has 2 saturated heterocycles. The maximum atomic E-state index is 12.6. The van der Waals surface area contributed by atoms with Crippen LogP contribution in [0.25, 0.3) is 11.4 Å². The van der Waals surface area contributed by atoms with Crippen LogP contribution < -0.4 is 4.90 Å². The summed E-state index contributed by atoms with van der Waals surface area (Å²) in [5.74, 6) is 1.10. The topological polar surface area (TPSA) is 62.5 Å². The number of carbonyl (C=O) groups excluding carboxylic acids is 1. The van der Waals surface area contributed by atoms with Crippen molar-refractivity contribution in [2.75, 3.05) is 31.1 Å². The molecule has 2 aliphatic rings. The Bertz CT molecular complexity index is 755. The van der Waals surface area contributed by atoms with Crippen molar-refractivity contribution in [3.05, 3.63) is 30.2 Å². The summed E-state index contributed by atoms with van der Waals surface area (Å²) in [6.07, 6.45) is 7.23. The fourth-order valence-electron chi connectivity index (χ4n) is 3.92. The molecule has 1 amide bonds. The van der Waals surface area contributed by atoms with E-state index in [1.807, 2.05) is 17.0 Å². The molecule has 27 heavy (non-hydrogen) atoms. The zero-order chi connectivity index (χ0) is 18.6. The van der Waals surface area contributed by atoms with Crippen LogP contribution in [-0.2, 0) is 0 Å². The minimum Gasteiger partial charge on any atom is -0.372 e. The molecule has 6 nitrogen and oxygen atoms in total. The number of benzene rings is 1. The SMILES string of the molecule is CC1CCN(C(=O)c2nc(-c3ccc(N4CCCCCC4)cc3)no2)CC1. The molecule has 1 aromatic heterocycles. The van der Waals surface area contributed by atoms with E-state index in [0.29, 0.717) is 11.7 Å². The third-order valence-corrected chi connectivity index (χ3v) is 5.78. The molecule has 1 aromatic carbocycles. The maximum absolute atomic E-state index is 12.6. The second-order valence-electron chi connectivity index (χ2n) is 7.85. The number of hydrogen-bond donors (Lipinski definition) is 0. The van der Waals surface area contributed by atoms with Gasteiger partial charge in [0.15, 0.2) is 0 Å². The van der Waals surface area contributed by atoms with Crippen molar-refractivity contribution in [1.29, 1.82) is 0 Å². The number of piperidine rings is 1. The fraction of sp³-hybridized carbons (Fsp3) is 0.571. The van der Waals surface area contributed by atoms with Crippen molar-refractivity contribution in [3.63, 3.8) is 0 Å². The van der Waals surface area contributed by atoms with Gasteiger partial charge in [0.25, 0.3) is 0 Å². The number of aromatic nitrogens is 2. The van der Waals surface area contributed by atoms with Gasteiger partial charge < -0.3 is 14.3 Å². The molecule has 0 radical (unpaired) electrons. The molecule has 6 heteroatoms. The first kappa shape index (κ1) is 18.0. The summed E-state index contributed by atoms with van der Waals surface area (Å²) in [6, 6.07) is 8.26. The highest BCUT2D eigenvalue weighted by Gasteiger charge is 2.26. The monoisotopic (exact) mass is 368 g/mol. The average Bonchev–Trinajstić information content (AvgIpc) is 3.04. The van der Waals surface area contributed by atoms with Gasteiger partial charge in [-0.1, -0.05) is 24.9 Å². The van der Waals surface area contributed by atoms with E-state index in [0.717, 1.165) is 44.6 Å². The van der Waals surface area contributed by atoms with E-state index in [2.05, 4.69) is 34.1 Å². The van der Waals surface area contributed by atoms with E-state index in [4.69, 9.17) is 4.52 Å². The van der Waals surface area contributed by atoms with E-state index >= 15 is 0 Å². The van der Waals surface area contributed by atoms with Gasteiger partial charge in [0.05, 0.1) is 0 Å². The highest BCUT2D eigenvalue weighted by molar-refractivity contribution is 5.90. The molecular weight excluding hydrogens is 340 g/mol. The molecule has 2 aliphatic heterocycles. The highest BCUT2D eigenvalue weighted by atomic mass is 16.5. The van der Waals surface area contributed by atoms with Gasteiger partial charge in [0, 0.05) is 37.4 Å². The average molecular weight is 368 g/mol. The fourth-order valence-corrected chi connectivity index (χ4v) is 3.92. The van der Waals surface area contributed by atoms with Gasteiger partial charge in [-0.2, -0.15) is 4.98 Å². The van der Waals surface area contributed by atoms with Gasteiger partial charge in [0.2, 0.25) is 5.82 Å². The molecule has 0 N–H and O–H groups in total. The minimum atomic E-state index is -0.151. The molecule has 3 heterocycles. The summed E-state index contributed by atoms with van der Waals surface area (Å²) in [4.78, 5) is 21.2. The van der Waals surface area contributed by atoms with Crippen LogP contribution in [-0.4, -0.2) is 47.1 Å². The van der Waals surface area contributed by atoms with E-state index in [-0.39, 0.29) is 11.8 Å². The predicted molar refractivity (Wildman–Crippen MR) is 105 cm³/mol. The van der Waals surface area contributed by atoms with Gasteiger partial charge in [-0.25, -0.2) is 0 Å². The van der Waals surface area contributed by atoms with E-state index in [1.54, 1.807) is 0 Å². The lowest BCUT2D eigenvalue weighted by Crippen LogP contribution is -2.38. The molecule has 0 bridgehead atoms. The summed E-state index contributed by atoms with van der Waals surface area (Å²) in [7, 11) is 0. The summed E-state index contributed by atoms with van der Waals surface area (Å²) >= 11 is 0. The van der Waals surface area contributed by atoms with Crippen LogP contribution >= 0.6 is 0 Å². The van der Waals surface area contributed by atoms with Crippen LogP contribution in [0, 0.1) is 5.92 Å². The van der Waals surface area contributed by atoms with Crippen LogP contribution in [0.5, 0.6) is 0 Å². The quantitative estimate of drug-likeness (QED) is 0.820. The Morgan fingerprint density at radius 2 is 1.67 bits per heavy atom. The minimum absolute atomic E-state index is 0.0937. The van der Waals surface area contributed by atoms with Crippen molar-refractivity contribution in [3.8, 4) is 11.4 Å². The molecule has 0 atom stereocenters. The zero-order valence-electron chi connectivity index (χ0n) is 16.1. The smallest absolute Gasteiger partial charge is 0.316 e. The largest absolute Gasteiger partial charge is 0.372 e. The Balaban J connectivity index is 1.44. The number of nitrogens with zero attached hydrogens (tertiary/aromatic N) is 4. The maximum Gasteiger partial charge on any atom is 0.316 e. The lowest BCUT2D eigenvalue weighted by Gasteiger charge is -2.28. The Labute approximate surface area is 160 Å². The Morgan fingerprint density at radius 1 is 1.00 bits per heavy atom. The zero-order valence-corrected chi connectivity index (χ0v) is 16.1. The molecule has 0 aliphatic carbocycles. The summed E-state index contributed by atoms with van der Waals surface area (Å²) in [5, 5.41) is 4.03. The Morgan fingerprint density at radius 3 is 2.33 bits per heavy atom. The molecule has 2 fully saturated rings. The Hall–Kier alpha value is -2.37. The van der Waals surface area contributed by atoms with Crippen molar-refractivity contribution in [2.45, 2.75) is 45.4 Å². The number of likely N-dealkylation sites (tertiary alicyclic amines) is 1. The van der Waals surface area contributed by atoms with Crippen LogP contribution in [0.1, 0.15) is 56.1 Å². The van der Waals surface area contributed by atoms with E-state index < -0.39 is 0 Å². The van der Waals surface area contributed by atoms with Crippen molar-refractivity contribution in [2.24, 2.45) is 5.92 Å². The second-order valence-corrected chi connectivity index (χ2v) is 7.85. The van der Waals surface area contributed by atoms with Crippen LogP contribution in [0.3, 0.4) is 0 Å². The third-order valence-electron chi connectivity index (χ3n) is 5.78. The summed E-state index contributed by atoms with van der Waals surface area (Å²) in [5.41, 5.74) is 2.12. The second kappa shape index (κ2) is 8.11. The first-order chi connectivity index (χ1) is 13.2. The molecule has 2 aromatic rings. The van der Waals surface area contributed by atoms with Gasteiger partial charge in [-0.3, -0.25) is 4.79 Å².